The van der Waals surface area contributed by atoms with Gasteiger partial charge in [-0.3, -0.25) is 4.72 Å². The molecule has 146 valence electrons. The molecular weight excluding hydrogens is 389 g/mol. The summed E-state index contributed by atoms with van der Waals surface area (Å²) in [6.45, 7) is 1.94. The summed E-state index contributed by atoms with van der Waals surface area (Å²) >= 11 is 0. The first-order valence-corrected chi connectivity index (χ1v) is 10.4. The van der Waals surface area contributed by atoms with Crippen molar-refractivity contribution in [2.45, 2.75) is 11.8 Å². The van der Waals surface area contributed by atoms with Crippen molar-refractivity contribution in [1.82, 2.24) is 9.78 Å². The Morgan fingerprint density at radius 1 is 0.862 bits per heavy atom. The quantitative estimate of drug-likeness (QED) is 0.517. The Hall–Kier alpha value is -3.45. The average Bonchev–Trinajstić information content (AvgIpc) is 3.20. The van der Waals surface area contributed by atoms with Crippen molar-refractivity contribution < 1.29 is 12.8 Å². The lowest BCUT2D eigenvalue weighted by Crippen LogP contribution is -2.13. The smallest absolute Gasteiger partial charge is 0.261 e. The third kappa shape index (κ3) is 4.05. The van der Waals surface area contributed by atoms with Crippen LogP contribution in [0.5, 0.6) is 0 Å². The molecule has 4 rings (SSSR count). The van der Waals surface area contributed by atoms with Crippen LogP contribution in [0.1, 0.15) is 5.56 Å². The van der Waals surface area contributed by atoms with Crippen molar-refractivity contribution in [1.29, 1.82) is 0 Å². The fourth-order valence-corrected chi connectivity index (χ4v) is 4.01. The van der Waals surface area contributed by atoms with E-state index in [1.165, 1.54) is 24.3 Å². The normalized spacial score (nSPS) is 11.4. The molecule has 0 atom stereocenters. The van der Waals surface area contributed by atoms with Gasteiger partial charge < -0.3 is 0 Å². The number of rotatable bonds is 5. The molecule has 0 aliphatic carbocycles. The summed E-state index contributed by atoms with van der Waals surface area (Å²) in [7, 11) is -3.70. The maximum atomic E-state index is 13.2. The molecule has 0 saturated heterocycles. The predicted molar refractivity (Wildman–Crippen MR) is 111 cm³/mol. The zero-order valence-corrected chi connectivity index (χ0v) is 16.4. The fourth-order valence-electron chi connectivity index (χ4n) is 2.95. The van der Waals surface area contributed by atoms with Crippen molar-refractivity contribution >= 4 is 15.7 Å². The standard InChI is InChI=1S/C22H18FN3O2S/c1-16-2-8-19(9-3-16)25-29(27,28)21-12-10-20(11-13-21)26-22(14-15-24-26)17-4-6-18(23)7-5-17/h2-15,25H,1H3. The van der Waals surface area contributed by atoms with E-state index in [1.54, 1.807) is 47.3 Å². The van der Waals surface area contributed by atoms with E-state index in [-0.39, 0.29) is 10.7 Å². The number of sulfonamides is 1. The summed E-state index contributed by atoms with van der Waals surface area (Å²) in [6, 6.07) is 21.5. The van der Waals surface area contributed by atoms with Gasteiger partial charge in [0.2, 0.25) is 0 Å². The van der Waals surface area contributed by atoms with Crippen LogP contribution in [0, 0.1) is 12.7 Å². The highest BCUT2D eigenvalue weighted by molar-refractivity contribution is 7.92. The molecule has 1 aromatic heterocycles. The summed E-state index contributed by atoms with van der Waals surface area (Å²) in [5.74, 6) is -0.310. The molecule has 1 N–H and O–H groups in total. The SMILES string of the molecule is Cc1ccc(NS(=O)(=O)c2ccc(-n3nccc3-c3ccc(F)cc3)cc2)cc1. The average molecular weight is 407 g/mol. The van der Waals surface area contributed by atoms with Gasteiger partial charge in [0.15, 0.2) is 0 Å². The summed E-state index contributed by atoms with van der Waals surface area (Å²) in [5.41, 5.74) is 3.84. The second-order valence-electron chi connectivity index (χ2n) is 6.60. The minimum Gasteiger partial charge on any atom is -0.280 e. The van der Waals surface area contributed by atoms with E-state index in [4.69, 9.17) is 0 Å². The number of halogens is 1. The molecular formula is C22H18FN3O2S. The number of aromatic nitrogens is 2. The summed E-state index contributed by atoms with van der Waals surface area (Å²) in [4.78, 5) is 0.150. The minimum absolute atomic E-state index is 0.150. The fraction of sp³-hybridized carbons (Fsp3) is 0.0455. The zero-order valence-electron chi connectivity index (χ0n) is 15.6. The number of nitrogens with zero attached hydrogens (tertiary/aromatic N) is 2. The van der Waals surface area contributed by atoms with Gasteiger partial charge in [-0.25, -0.2) is 17.5 Å². The molecule has 0 aliphatic rings. The van der Waals surface area contributed by atoms with Gasteiger partial charge in [0.1, 0.15) is 5.82 Å². The Labute approximate surface area is 168 Å². The maximum absolute atomic E-state index is 13.2. The summed E-state index contributed by atoms with van der Waals surface area (Å²) in [5, 5.41) is 4.31. The van der Waals surface area contributed by atoms with Crippen molar-refractivity contribution in [2.75, 3.05) is 4.72 Å². The monoisotopic (exact) mass is 407 g/mol. The van der Waals surface area contributed by atoms with E-state index in [0.717, 1.165) is 16.8 Å². The lowest BCUT2D eigenvalue weighted by atomic mass is 10.1. The van der Waals surface area contributed by atoms with Crippen LogP contribution in [0.4, 0.5) is 10.1 Å². The Kier molecular flexibility index (Phi) is 4.90. The Morgan fingerprint density at radius 2 is 1.52 bits per heavy atom. The van der Waals surface area contributed by atoms with E-state index in [1.807, 2.05) is 25.1 Å². The summed E-state index contributed by atoms with van der Waals surface area (Å²) in [6.07, 6.45) is 1.64. The molecule has 1 heterocycles. The zero-order chi connectivity index (χ0) is 20.4. The maximum Gasteiger partial charge on any atom is 0.261 e. The van der Waals surface area contributed by atoms with Crippen LogP contribution < -0.4 is 4.72 Å². The Morgan fingerprint density at radius 3 is 2.17 bits per heavy atom. The molecule has 0 fully saturated rings. The van der Waals surface area contributed by atoms with Gasteiger partial charge in [-0.1, -0.05) is 17.7 Å². The summed E-state index contributed by atoms with van der Waals surface area (Å²) < 4.78 is 42.7. The van der Waals surface area contributed by atoms with Gasteiger partial charge in [0, 0.05) is 11.3 Å². The van der Waals surface area contributed by atoms with E-state index in [2.05, 4.69) is 9.82 Å². The molecule has 0 bridgehead atoms. The molecule has 0 saturated carbocycles. The number of aryl methyl sites for hydroxylation is 1. The molecule has 3 aromatic carbocycles. The van der Waals surface area contributed by atoms with Crippen LogP contribution >= 0.6 is 0 Å². The van der Waals surface area contributed by atoms with Crippen molar-refractivity contribution in [3.05, 3.63) is 96.4 Å². The van der Waals surface area contributed by atoms with Gasteiger partial charge >= 0.3 is 0 Å². The first kappa shape index (κ1) is 18.9. The van der Waals surface area contributed by atoms with Crippen LogP contribution in [-0.4, -0.2) is 18.2 Å². The van der Waals surface area contributed by atoms with Gasteiger partial charge in [-0.2, -0.15) is 5.10 Å². The predicted octanol–water partition coefficient (Wildman–Crippen LogP) is 4.79. The molecule has 5 nitrogen and oxygen atoms in total. The Balaban J connectivity index is 1.61. The van der Waals surface area contributed by atoms with Gasteiger partial charge in [-0.15, -0.1) is 0 Å². The Bertz CT molecular complexity index is 1230. The number of hydrogen-bond donors (Lipinski definition) is 1. The highest BCUT2D eigenvalue weighted by Crippen LogP contribution is 2.24. The van der Waals surface area contributed by atoms with E-state index >= 15 is 0 Å². The van der Waals surface area contributed by atoms with E-state index in [9.17, 15) is 12.8 Å². The topological polar surface area (TPSA) is 64.0 Å². The third-order valence-electron chi connectivity index (χ3n) is 4.48. The van der Waals surface area contributed by atoms with Gasteiger partial charge in [0.25, 0.3) is 10.0 Å². The molecule has 7 heteroatoms. The number of nitrogens with one attached hydrogen (secondary N) is 1. The van der Waals surface area contributed by atoms with E-state index < -0.39 is 10.0 Å². The molecule has 0 spiro atoms. The van der Waals surface area contributed by atoms with Crippen LogP contribution in [0.25, 0.3) is 16.9 Å². The molecule has 0 amide bonds. The largest absolute Gasteiger partial charge is 0.280 e. The minimum atomic E-state index is -3.70. The van der Waals surface area contributed by atoms with Crippen LogP contribution in [0.3, 0.4) is 0 Å². The molecule has 0 radical (unpaired) electrons. The van der Waals surface area contributed by atoms with Crippen LogP contribution in [-0.2, 0) is 10.0 Å². The first-order valence-electron chi connectivity index (χ1n) is 8.92. The lowest BCUT2D eigenvalue weighted by Gasteiger charge is -2.11. The van der Waals surface area contributed by atoms with Crippen molar-refractivity contribution in [2.24, 2.45) is 0 Å². The second kappa shape index (κ2) is 7.52. The van der Waals surface area contributed by atoms with Gasteiger partial charge in [-0.05, 0) is 73.7 Å². The second-order valence-corrected chi connectivity index (χ2v) is 8.28. The van der Waals surface area contributed by atoms with Crippen molar-refractivity contribution in [3.8, 4) is 16.9 Å². The van der Waals surface area contributed by atoms with Crippen LogP contribution in [0.15, 0.2) is 90.0 Å². The molecule has 0 aliphatic heterocycles. The molecule has 29 heavy (non-hydrogen) atoms. The first-order chi connectivity index (χ1) is 13.9. The highest BCUT2D eigenvalue weighted by atomic mass is 32.2. The molecule has 0 unspecified atom stereocenters. The third-order valence-corrected chi connectivity index (χ3v) is 5.88. The van der Waals surface area contributed by atoms with Gasteiger partial charge in [0.05, 0.1) is 22.5 Å². The van der Waals surface area contributed by atoms with Crippen molar-refractivity contribution in [3.63, 3.8) is 0 Å². The highest BCUT2D eigenvalue weighted by Gasteiger charge is 2.15. The van der Waals surface area contributed by atoms with E-state index in [0.29, 0.717) is 11.4 Å². The number of hydrogen-bond acceptors (Lipinski definition) is 3. The molecule has 4 aromatic rings. The number of anilines is 1. The lowest BCUT2D eigenvalue weighted by molar-refractivity contribution is 0.601. The van der Waals surface area contributed by atoms with Crippen LogP contribution in [0.2, 0.25) is 0 Å². The number of benzene rings is 3.